The Kier molecular flexibility index (Phi) is 3.00. The molecule has 1 aliphatic carbocycles. The van der Waals surface area contributed by atoms with E-state index in [4.69, 9.17) is 0 Å². The summed E-state index contributed by atoms with van der Waals surface area (Å²) in [6.45, 7) is 0. The normalized spacial score (nSPS) is 22.2. The maximum absolute atomic E-state index is 12.0. The second-order valence-corrected chi connectivity index (χ2v) is 6.22. The van der Waals surface area contributed by atoms with E-state index >= 15 is 0 Å². The summed E-state index contributed by atoms with van der Waals surface area (Å²) in [5.74, 6) is -0.0642. The summed E-state index contributed by atoms with van der Waals surface area (Å²) in [6, 6.07) is 10.3. The van der Waals surface area contributed by atoms with Crippen LogP contribution in [0.25, 0.3) is 17.0 Å². The van der Waals surface area contributed by atoms with Crippen LogP contribution in [0.5, 0.6) is 0 Å². The van der Waals surface area contributed by atoms with Gasteiger partial charge in [-0.15, -0.1) is 0 Å². The number of rotatable bonds is 2. The summed E-state index contributed by atoms with van der Waals surface area (Å²) in [5, 5.41) is 4.63. The lowest BCUT2D eigenvalue weighted by Gasteiger charge is -1.99. The molecule has 1 saturated carbocycles. The van der Waals surface area contributed by atoms with Gasteiger partial charge in [-0.05, 0) is 54.4 Å². The van der Waals surface area contributed by atoms with Gasteiger partial charge < -0.3 is 5.32 Å². The number of carbonyl (C=O) groups excluding carboxylic acids is 1. The molecule has 5 heteroatoms. The fourth-order valence-corrected chi connectivity index (χ4v) is 3.09. The van der Waals surface area contributed by atoms with Crippen LogP contribution in [0.1, 0.15) is 18.4 Å². The first-order valence-electron chi connectivity index (χ1n) is 6.91. The Labute approximate surface area is 126 Å². The number of aliphatic imine (C=N–C) groups is 1. The Balaban J connectivity index is 1.64. The van der Waals surface area contributed by atoms with E-state index in [0.717, 1.165) is 34.5 Å². The summed E-state index contributed by atoms with van der Waals surface area (Å²) >= 11 is 1.42. The third-order valence-electron chi connectivity index (χ3n) is 3.42. The second-order valence-electron chi connectivity index (χ2n) is 5.19. The lowest BCUT2D eigenvalue weighted by Crippen LogP contribution is -2.20. The lowest BCUT2D eigenvalue weighted by atomic mass is 10.1. The van der Waals surface area contributed by atoms with Crippen molar-refractivity contribution >= 4 is 39.8 Å². The van der Waals surface area contributed by atoms with Crippen molar-refractivity contribution in [2.24, 2.45) is 4.99 Å². The topological polar surface area (TPSA) is 54.4 Å². The van der Waals surface area contributed by atoms with Gasteiger partial charge in [-0.3, -0.25) is 14.8 Å². The van der Waals surface area contributed by atoms with Crippen molar-refractivity contribution in [2.75, 3.05) is 0 Å². The number of benzene rings is 1. The first-order chi connectivity index (χ1) is 10.3. The monoisotopic (exact) mass is 295 g/mol. The highest BCUT2D eigenvalue weighted by molar-refractivity contribution is 8.18. The number of nitrogens with zero attached hydrogens (tertiary/aromatic N) is 2. The summed E-state index contributed by atoms with van der Waals surface area (Å²) in [6.07, 6.45) is 5.95. The van der Waals surface area contributed by atoms with E-state index in [1.54, 1.807) is 6.20 Å². The number of hydrogen-bond donors (Lipinski definition) is 1. The average Bonchev–Trinajstić information content (AvgIpc) is 3.23. The van der Waals surface area contributed by atoms with Gasteiger partial charge in [0.1, 0.15) is 0 Å². The highest BCUT2D eigenvalue weighted by Gasteiger charge is 2.27. The van der Waals surface area contributed by atoms with Gasteiger partial charge in [-0.2, -0.15) is 0 Å². The zero-order valence-electron chi connectivity index (χ0n) is 11.2. The SMILES string of the molecule is O=C1NC(=NC2CC2)S/C1=C\c1ccc2ncccc2c1. The molecule has 0 radical (unpaired) electrons. The quantitative estimate of drug-likeness (QED) is 0.867. The van der Waals surface area contributed by atoms with E-state index in [0.29, 0.717) is 10.9 Å². The van der Waals surface area contributed by atoms with Gasteiger partial charge in [0.15, 0.2) is 5.17 Å². The standard InChI is InChI=1S/C16H13N3OS/c20-15-14(21-16(19-15)18-12-4-5-12)9-10-3-6-13-11(8-10)2-1-7-17-13/h1-3,6-9,12H,4-5H2,(H,18,19,20)/b14-9-. The number of carbonyl (C=O) groups is 1. The molecule has 4 rings (SSSR count). The van der Waals surface area contributed by atoms with Crippen LogP contribution in [0, 0.1) is 0 Å². The Morgan fingerprint density at radius 1 is 1.33 bits per heavy atom. The van der Waals surface area contributed by atoms with Crippen LogP contribution >= 0.6 is 11.8 Å². The largest absolute Gasteiger partial charge is 0.301 e. The van der Waals surface area contributed by atoms with Gasteiger partial charge in [-0.1, -0.05) is 12.1 Å². The number of hydrogen-bond acceptors (Lipinski definition) is 4. The van der Waals surface area contributed by atoms with Gasteiger partial charge in [0.05, 0.1) is 16.5 Å². The maximum Gasteiger partial charge on any atom is 0.264 e. The molecule has 0 atom stereocenters. The molecular weight excluding hydrogens is 282 g/mol. The number of nitrogens with one attached hydrogen (secondary N) is 1. The van der Waals surface area contributed by atoms with Gasteiger partial charge in [0.2, 0.25) is 0 Å². The molecule has 2 heterocycles. The molecule has 2 fully saturated rings. The van der Waals surface area contributed by atoms with E-state index in [-0.39, 0.29) is 5.91 Å². The molecule has 104 valence electrons. The van der Waals surface area contributed by atoms with Crippen molar-refractivity contribution in [3.63, 3.8) is 0 Å². The highest BCUT2D eigenvalue weighted by Crippen LogP contribution is 2.30. The summed E-state index contributed by atoms with van der Waals surface area (Å²) in [5.41, 5.74) is 1.96. The van der Waals surface area contributed by atoms with Gasteiger partial charge in [-0.25, -0.2) is 0 Å². The molecular formula is C16H13N3OS. The van der Waals surface area contributed by atoms with Crippen LogP contribution in [-0.2, 0) is 4.79 Å². The van der Waals surface area contributed by atoms with Crippen molar-refractivity contribution in [2.45, 2.75) is 18.9 Å². The van der Waals surface area contributed by atoms with E-state index in [1.807, 2.05) is 36.4 Å². The number of aromatic nitrogens is 1. The van der Waals surface area contributed by atoms with Gasteiger partial charge in [0.25, 0.3) is 5.91 Å². The van der Waals surface area contributed by atoms with Crippen molar-refractivity contribution in [1.82, 2.24) is 10.3 Å². The number of pyridine rings is 1. The molecule has 1 saturated heterocycles. The fraction of sp³-hybridized carbons (Fsp3) is 0.188. The van der Waals surface area contributed by atoms with Crippen LogP contribution in [-0.4, -0.2) is 22.1 Å². The minimum Gasteiger partial charge on any atom is -0.301 e. The predicted molar refractivity (Wildman–Crippen MR) is 85.9 cm³/mol. The summed E-state index contributed by atoms with van der Waals surface area (Å²) in [7, 11) is 0. The molecule has 21 heavy (non-hydrogen) atoms. The Morgan fingerprint density at radius 2 is 2.24 bits per heavy atom. The molecule has 0 spiro atoms. The molecule has 1 N–H and O–H groups in total. The molecule has 1 aromatic heterocycles. The minimum absolute atomic E-state index is 0.0642. The second kappa shape index (κ2) is 5.00. The van der Waals surface area contributed by atoms with Crippen molar-refractivity contribution < 1.29 is 4.79 Å². The average molecular weight is 295 g/mol. The number of thioether (sulfide) groups is 1. The van der Waals surface area contributed by atoms with Gasteiger partial charge in [0, 0.05) is 11.6 Å². The first-order valence-corrected chi connectivity index (χ1v) is 7.73. The molecule has 1 amide bonds. The molecule has 2 aliphatic rings. The van der Waals surface area contributed by atoms with Crippen LogP contribution in [0.3, 0.4) is 0 Å². The van der Waals surface area contributed by atoms with Crippen molar-refractivity contribution in [3.05, 3.63) is 47.0 Å². The van der Waals surface area contributed by atoms with E-state index < -0.39 is 0 Å². The summed E-state index contributed by atoms with van der Waals surface area (Å²) in [4.78, 5) is 21.4. The molecule has 1 aromatic carbocycles. The van der Waals surface area contributed by atoms with E-state index in [1.165, 1.54) is 11.8 Å². The molecule has 2 aromatic rings. The van der Waals surface area contributed by atoms with Crippen molar-refractivity contribution in [1.29, 1.82) is 0 Å². The Bertz CT molecular complexity index is 793. The first kappa shape index (κ1) is 12.6. The molecule has 0 unspecified atom stereocenters. The third kappa shape index (κ3) is 2.69. The number of amidine groups is 1. The lowest BCUT2D eigenvalue weighted by molar-refractivity contribution is -0.115. The van der Waals surface area contributed by atoms with Gasteiger partial charge >= 0.3 is 0 Å². The predicted octanol–water partition coefficient (Wildman–Crippen LogP) is 2.96. The Morgan fingerprint density at radius 3 is 3.10 bits per heavy atom. The number of fused-ring (bicyclic) bond motifs is 1. The van der Waals surface area contributed by atoms with Crippen LogP contribution < -0.4 is 5.32 Å². The van der Waals surface area contributed by atoms with Crippen LogP contribution in [0.4, 0.5) is 0 Å². The van der Waals surface area contributed by atoms with E-state index in [9.17, 15) is 4.79 Å². The highest BCUT2D eigenvalue weighted by atomic mass is 32.2. The summed E-state index contributed by atoms with van der Waals surface area (Å²) < 4.78 is 0. The zero-order chi connectivity index (χ0) is 14.2. The van der Waals surface area contributed by atoms with Crippen LogP contribution in [0.2, 0.25) is 0 Å². The number of amides is 1. The Hall–Kier alpha value is -2.14. The van der Waals surface area contributed by atoms with E-state index in [2.05, 4.69) is 15.3 Å². The fourth-order valence-electron chi connectivity index (χ4n) is 2.19. The molecule has 4 nitrogen and oxygen atoms in total. The minimum atomic E-state index is -0.0642. The molecule has 1 aliphatic heterocycles. The third-order valence-corrected chi connectivity index (χ3v) is 4.35. The zero-order valence-corrected chi connectivity index (χ0v) is 12.1. The van der Waals surface area contributed by atoms with Crippen LogP contribution in [0.15, 0.2) is 46.4 Å². The smallest absolute Gasteiger partial charge is 0.264 e. The molecule has 0 bridgehead atoms. The maximum atomic E-state index is 12.0. The van der Waals surface area contributed by atoms with Crippen molar-refractivity contribution in [3.8, 4) is 0 Å².